The first-order chi connectivity index (χ1) is 8.65. The van der Waals surface area contributed by atoms with Crippen LogP contribution in [0.25, 0.3) is 0 Å². The van der Waals surface area contributed by atoms with Gasteiger partial charge in [-0.2, -0.15) is 5.10 Å². The Hall–Kier alpha value is -1.40. The number of carbonyl (C=O) groups is 1. The summed E-state index contributed by atoms with van der Waals surface area (Å²) in [6, 6.07) is 0. The average Bonchev–Trinajstić information content (AvgIpc) is 2.94. The van der Waals surface area contributed by atoms with Crippen LogP contribution in [0, 0.1) is 11.8 Å². The molecule has 0 amide bonds. The van der Waals surface area contributed by atoms with E-state index in [0.717, 1.165) is 43.7 Å². The van der Waals surface area contributed by atoms with Crippen molar-refractivity contribution in [2.75, 3.05) is 26.2 Å². The molecule has 0 bridgehead atoms. The van der Waals surface area contributed by atoms with E-state index < -0.39 is 5.97 Å². The van der Waals surface area contributed by atoms with Crippen LogP contribution in [-0.2, 0) is 13.6 Å². The molecule has 2 atom stereocenters. The summed E-state index contributed by atoms with van der Waals surface area (Å²) in [5.41, 5.74) is 1.13. The summed E-state index contributed by atoms with van der Waals surface area (Å²) >= 11 is 0. The van der Waals surface area contributed by atoms with E-state index in [1.807, 2.05) is 0 Å². The van der Waals surface area contributed by atoms with Gasteiger partial charge in [-0.1, -0.05) is 0 Å². The number of fused-ring (bicyclic) bond motifs is 1. The van der Waals surface area contributed by atoms with Crippen molar-refractivity contribution in [3.8, 4) is 0 Å². The number of carboxylic acid groups (broad SMARTS) is 1. The van der Waals surface area contributed by atoms with Gasteiger partial charge in [-0.15, -0.1) is 0 Å². The van der Waals surface area contributed by atoms with Gasteiger partial charge in [0.2, 0.25) is 0 Å². The number of nitrogens with one attached hydrogen (secondary N) is 1. The molecule has 6 heteroatoms. The Labute approximate surface area is 106 Å². The van der Waals surface area contributed by atoms with Gasteiger partial charge in [-0.05, 0) is 24.9 Å². The summed E-state index contributed by atoms with van der Waals surface area (Å²) < 4.78 is 1.68. The Morgan fingerprint density at radius 2 is 2.17 bits per heavy atom. The molecule has 18 heavy (non-hydrogen) atoms. The number of likely N-dealkylation sites (tertiary alicyclic amines) is 1. The number of aromatic carboxylic acids is 1. The topological polar surface area (TPSA) is 70.4 Å². The maximum atomic E-state index is 11.1. The minimum atomic E-state index is -0.890. The number of aryl methyl sites for hydroxylation is 1. The molecule has 0 unspecified atom stereocenters. The van der Waals surface area contributed by atoms with Gasteiger partial charge >= 0.3 is 5.97 Å². The zero-order valence-corrected chi connectivity index (χ0v) is 10.5. The molecule has 0 aromatic carbocycles. The van der Waals surface area contributed by atoms with Crippen LogP contribution >= 0.6 is 0 Å². The summed E-state index contributed by atoms with van der Waals surface area (Å²) in [5.74, 6) is 0.567. The number of hydrogen-bond donors (Lipinski definition) is 2. The third-order valence-electron chi connectivity index (χ3n) is 4.13. The van der Waals surface area contributed by atoms with Crippen molar-refractivity contribution in [1.29, 1.82) is 0 Å². The summed E-state index contributed by atoms with van der Waals surface area (Å²) in [4.78, 5) is 13.5. The van der Waals surface area contributed by atoms with Crippen LogP contribution in [0.2, 0.25) is 0 Å². The second-order valence-electron chi connectivity index (χ2n) is 5.31. The monoisotopic (exact) mass is 250 g/mol. The van der Waals surface area contributed by atoms with E-state index in [2.05, 4.69) is 15.3 Å². The Balaban J connectivity index is 1.73. The number of nitrogens with zero attached hydrogens (tertiary/aromatic N) is 3. The summed E-state index contributed by atoms with van der Waals surface area (Å²) in [5, 5.41) is 16.6. The molecule has 0 aliphatic carbocycles. The molecule has 2 saturated heterocycles. The lowest BCUT2D eigenvalue weighted by Crippen LogP contribution is -2.27. The Morgan fingerprint density at radius 1 is 1.50 bits per heavy atom. The van der Waals surface area contributed by atoms with Gasteiger partial charge in [0, 0.05) is 26.7 Å². The van der Waals surface area contributed by atoms with E-state index >= 15 is 0 Å². The van der Waals surface area contributed by atoms with Crippen LogP contribution in [0.3, 0.4) is 0 Å². The molecule has 2 aliphatic heterocycles. The smallest absolute Gasteiger partial charge is 0.339 e. The van der Waals surface area contributed by atoms with E-state index in [4.69, 9.17) is 5.11 Å². The molecule has 0 spiro atoms. The second kappa shape index (κ2) is 4.37. The quantitative estimate of drug-likeness (QED) is 0.775. The molecular weight excluding hydrogens is 232 g/mol. The average molecular weight is 250 g/mol. The van der Waals surface area contributed by atoms with Crippen molar-refractivity contribution in [3.05, 3.63) is 17.5 Å². The van der Waals surface area contributed by atoms with E-state index in [0.29, 0.717) is 12.1 Å². The highest BCUT2D eigenvalue weighted by Crippen LogP contribution is 2.27. The Bertz CT molecular complexity index is 459. The summed E-state index contributed by atoms with van der Waals surface area (Å²) in [6.07, 6.45) is 1.44. The van der Waals surface area contributed by atoms with Crippen LogP contribution < -0.4 is 5.32 Å². The van der Waals surface area contributed by atoms with Crippen LogP contribution in [0.1, 0.15) is 16.1 Å². The number of rotatable bonds is 3. The fourth-order valence-electron chi connectivity index (χ4n) is 3.12. The maximum Gasteiger partial charge on any atom is 0.339 e. The molecule has 0 radical (unpaired) electrons. The van der Waals surface area contributed by atoms with Gasteiger partial charge in [-0.3, -0.25) is 9.58 Å². The molecule has 3 rings (SSSR count). The van der Waals surface area contributed by atoms with Crippen molar-refractivity contribution in [2.24, 2.45) is 18.9 Å². The van der Waals surface area contributed by atoms with Gasteiger partial charge < -0.3 is 10.4 Å². The highest BCUT2D eigenvalue weighted by atomic mass is 16.4. The number of hydrogen-bond acceptors (Lipinski definition) is 4. The molecule has 0 saturated carbocycles. The lowest BCUT2D eigenvalue weighted by Gasteiger charge is -2.17. The van der Waals surface area contributed by atoms with Gasteiger partial charge in [0.1, 0.15) is 5.56 Å². The van der Waals surface area contributed by atoms with E-state index in [9.17, 15) is 4.79 Å². The molecule has 98 valence electrons. The van der Waals surface area contributed by atoms with Crippen LogP contribution in [0.4, 0.5) is 0 Å². The van der Waals surface area contributed by atoms with Crippen molar-refractivity contribution >= 4 is 5.97 Å². The van der Waals surface area contributed by atoms with Crippen LogP contribution in [0.5, 0.6) is 0 Å². The molecule has 2 fully saturated rings. The lowest BCUT2D eigenvalue weighted by molar-refractivity contribution is 0.0694. The van der Waals surface area contributed by atoms with Gasteiger partial charge in [0.25, 0.3) is 0 Å². The highest BCUT2D eigenvalue weighted by molar-refractivity contribution is 5.88. The largest absolute Gasteiger partial charge is 0.478 e. The number of aromatic nitrogens is 2. The van der Waals surface area contributed by atoms with E-state index in [1.54, 1.807) is 11.7 Å². The SMILES string of the molecule is Cn1ncc(C(=O)O)c1CN1C[C@H]2CNC[C@H]2C1. The highest BCUT2D eigenvalue weighted by Gasteiger charge is 2.36. The summed E-state index contributed by atoms with van der Waals surface area (Å²) in [6.45, 7) is 4.99. The van der Waals surface area contributed by atoms with Crippen molar-refractivity contribution in [3.63, 3.8) is 0 Å². The zero-order valence-electron chi connectivity index (χ0n) is 10.5. The van der Waals surface area contributed by atoms with Gasteiger partial charge in [0.15, 0.2) is 0 Å². The minimum absolute atomic E-state index is 0.327. The summed E-state index contributed by atoms with van der Waals surface area (Å²) in [7, 11) is 1.81. The predicted octanol–water partition coefficient (Wildman–Crippen LogP) is -0.230. The third kappa shape index (κ3) is 1.91. The van der Waals surface area contributed by atoms with Crippen LogP contribution in [0.15, 0.2) is 6.20 Å². The molecular formula is C12H18N4O2. The Kier molecular flexibility index (Phi) is 2.83. The number of carboxylic acids is 1. The normalized spacial score (nSPS) is 27.6. The lowest BCUT2D eigenvalue weighted by atomic mass is 10.0. The minimum Gasteiger partial charge on any atom is -0.478 e. The zero-order chi connectivity index (χ0) is 12.7. The first kappa shape index (κ1) is 11.7. The molecule has 1 aromatic rings. The standard InChI is InChI=1S/C12H18N4O2/c1-15-11(10(4-14-15)12(17)18)7-16-5-8-2-13-3-9(8)6-16/h4,8-9,13H,2-3,5-7H2,1H3,(H,17,18)/t8-,9+. The van der Waals surface area contributed by atoms with Gasteiger partial charge in [0.05, 0.1) is 11.9 Å². The van der Waals surface area contributed by atoms with Gasteiger partial charge in [-0.25, -0.2) is 4.79 Å². The molecule has 2 N–H and O–H groups in total. The van der Waals surface area contributed by atoms with Crippen molar-refractivity contribution < 1.29 is 9.90 Å². The predicted molar refractivity (Wildman–Crippen MR) is 65.3 cm³/mol. The van der Waals surface area contributed by atoms with E-state index in [-0.39, 0.29) is 0 Å². The fourth-order valence-corrected chi connectivity index (χ4v) is 3.12. The first-order valence-electron chi connectivity index (χ1n) is 6.32. The first-order valence-corrected chi connectivity index (χ1v) is 6.32. The molecule has 3 heterocycles. The fraction of sp³-hybridized carbons (Fsp3) is 0.667. The Morgan fingerprint density at radius 3 is 2.78 bits per heavy atom. The van der Waals surface area contributed by atoms with Crippen molar-refractivity contribution in [2.45, 2.75) is 6.54 Å². The van der Waals surface area contributed by atoms with Crippen LogP contribution in [-0.4, -0.2) is 51.9 Å². The van der Waals surface area contributed by atoms with Crippen molar-refractivity contribution in [1.82, 2.24) is 20.0 Å². The van der Waals surface area contributed by atoms with E-state index in [1.165, 1.54) is 6.20 Å². The molecule has 1 aromatic heterocycles. The molecule has 2 aliphatic rings. The maximum absolute atomic E-state index is 11.1. The second-order valence-corrected chi connectivity index (χ2v) is 5.31. The molecule has 6 nitrogen and oxygen atoms in total. The third-order valence-corrected chi connectivity index (χ3v) is 4.13.